The average Bonchev–Trinajstić information content (AvgIpc) is 2.96. The number of esters is 1. The van der Waals surface area contributed by atoms with Crippen LogP contribution in [0.4, 0.5) is 11.4 Å². The summed E-state index contributed by atoms with van der Waals surface area (Å²) in [5.41, 5.74) is 3.03. The standard InChI is InChI=1S/C16H22N2O4S/c1-3-17-8-6-13-14(17)10-12(16(19)22-2)11-15(13)18-7-4-5-9-23(18,20)21/h10-11H,3-9H2,1-2H3. The van der Waals surface area contributed by atoms with Gasteiger partial charge in [-0.05, 0) is 38.3 Å². The quantitative estimate of drug-likeness (QED) is 0.786. The fraction of sp³-hybridized carbons (Fsp3) is 0.562. The van der Waals surface area contributed by atoms with E-state index in [0.29, 0.717) is 24.2 Å². The minimum Gasteiger partial charge on any atom is -0.465 e. The van der Waals surface area contributed by atoms with E-state index in [-0.39, 0.29) is 5.75 Å². The molecule has 2 aliphatic heterocycles. The molecule has 0 atom stereocenters. The predicted molar refractivity (Wildman–Crippen MR) is 89.7 cm³/mol. The number of carbonyl (C=O) groups is 1. The molecular formula is C16H22N2O4S. The minimum absolute atomic E-state index is 0.168. The van der Waals surface area contributed by atoms with E-state index in [1.165, 1.54) is 11.4 Å². The van der Waals surface area contributed by atoms with Crippen LogP contribution in [-0.2, 0) is 21.2 Å². The highest BCUT2D eigenvalue weighted by Gasteiger charge is 2.32. The van der Waals surface area contributed by atoms with Crippen molar-refractivity contribution in [3.63, 3.8) is 0 Å². The summed E-state index contributed by atoms with van der Waals surface area (Å²) in [6.45, 7) is 4.20. The Labute approximate surface area is 137 Å². The number of fused-ring (bicyclic) bond motifs is 1. The summed E-state index contributed by atoms with van der Waals surface area (Å²) in [6.07, 6.45) is 2.33. The van der Waals surface area contributed by atoms with Crippen molar-refractivity contribution in [2.75, 3.05) is 41.7 Å². The molecular weight excluding hydrogens is 316 g/mol. The van der Waals surface area contributed by atoms with E-state index >= 15 is 0 Å². The number of sulfonamides is 1. The summed E-state index contributed by atoms with van der Waals surface area (Å²) >= 11 is 0. The average molecular weight is 338 g/mol. The second-order valence-corrected chi connectivity index (χ2v) is 7.92. The van der Waals surface area contributed by atoms with Crippen molar-refractivity contribution in [2.24, 2.45) is 0 Å². The summed E-state index contributed by atoms with van der Waals surface area (Å²) in [5.74, 6) is -0.270. The number of hydrogen-bond donors (Lipinski definition) is 0. The molecule has 3 rings (SSSR count). The Hall–Kier alpha value is -1.76. The van der Waals surface area contributed by atoms with Crippen LogP contribution in [-0.4, -0.2) is 46.9 Å². The molecule has 0 aliphatic carbocycles. The van der Waals surface area contributed by atoms with Gasteiger partial charge in [0.25, 0.3) is 0 Å². The largest absolute Gasteiger partial charge is 0.465 e. The van der Waals surface area contributed by atoms with Gasteiger partial charge in [0.1, 0.15) is 0 Å². The zero-order valence-electron chi connectivity index (χ0n) is 13.5. The molecule has 6 nitrogen and oxygen atoms in total. The van der Waals surface area contributed by atoms with E-state index in [1.807, 2.05) is 6.07 Å². The normalized spacial score (nSPS) is 19.6. The third kappa shape index (κ3) is 2.78. The third-order valence-electron chi connectivity index (χ3n) is 4.60. The van der Waals surface area contributed by atoms with Crippen LogP contribution in [0.3, 0.4) is 0 Å². The molecule has 0 spiro atoms. The van der Waals surface area contributed by atoms with Crippen LogP contribution in [0.2, 0.25) is 0 Å². The van der Waals surface area contributed by atoms with Gasteiger partial charge in [-0.3, -0.25) is 4.31 Å². The maximum Gasteiger partial charge on any atom is 0.337 e. The molecule has 2 aliphatic rings. The Morgan fingerprint density at radius 3 is 2.61 bits per heavy atom. The Balaban J connectivity index is 2.16. The molecule has 0 N–H and O–H groups in total. The van der Waals surface area contributed by atoms with Crippen LogP contribution in [0.15, 0.2) is 12.1 Å². The van der Waals surface area contributed by atoms with E-state index in [2.05, 4.69) is 11.8 Å². The lowest BCUT2D eigenvalue weighted by Gasteiger charge is -2.30. The summed E-state index contributed by atoms with van der Waals surface area (Å²) < 4.78 is 31.3. The van der Waals surface area contributed by atoms with Crippen LogP contribution < -0.4 is 9.21 Å². The lowest BCUT2D eigenvalue weighted by Crippen LogP contribution is -2.38. The first-order valence-electron chi connectivity index (χ1n) is 7.98. The van der Waals surface area contributed by atoms with E-state index in [4.69, 9.17) is 4.74 Å². The van der Waals surface area contributed by atoms with E-state index < -0.39 is 16.0 Å². The maximum atomic E-state index is 12.5. The van der Waals surface area contributed by atoms with E-state index in [1.54, 1.807) is 6.07 Å². The highest BCUT2D eigenvalue weighted by molar-refractivity contribution is 7.92. The van der Waals surface area contributed by atoms with Crippen LogP contribution >= 0.6 is 0 Å². The van der Waals surface area contributed by atoms with Crippen molar-refractivity contribution < 1.29 is 17.9 Å². The first kappa shape index (κ1) is 16.1. The monoisotopic (exact) mass is 338 g/mol. The van der Waals surface area contributed by atoms with Crippen molar-refractivity contribution in [3.8, 4) is 0 Å². The molecule has 1 aromatic carbocycles. The van der Waals surface area contributed by atoms with Crippen molar-refractivity contribution in [1.29, 1.82) is 0 Å². The van der Waals surface area contributed by atoms with Crippen molar-refractivity contribution in [2.45, 2.75) is 26.2 Å². The Morgan fingerprint density at radius 1 is 1.22 bits per heavy atom. The molecule has 0 bridgehead atoms. The fourth-order valence-corrected chi connectivity index (χ4v) is 5.05. The van der Waals surface area contributed by atoms with E-state index in [9.17, 15) is 13.2 Å². The Morgan fingerprint density at radius 2 is 1.96 bits per heavy atom. The third-order valence-corrected chi connectivity index (χ3v) is 6.45. The SMILES string of the molecule is CCN1CCc2c1cc(C(=O)OC)cc2N1CCCCS1(=O)=O. The number of hydrogen-bond acceptors (Lipinski definition) is 5. The van der Waals surface area contributed by atoms with E-state index in [0.717, 1.165) is 37.2 Å². The topological polar surface area (TPSA) is 66.9 Å². The smallest absolute Gasteiger partial charge is 0.337 e. The van der Waals surface area contributed by atoms with Gasteiger partial charge in [-0.25, -0.2) is 13.2 Å². The molecule has 1 saturated heterocycles. The predicted octanol–water partition coefficient (Wildman–Crippen LogP) is 1.79. The number of ether oxygens (including phenoxy) is 1. The first-order valence-corrected chi connectivity index (χ1v) is 9.59. The lowest BCUT2D eigenvalue weighted by atomic mass is 10.1. The number of likely N-dealkylation sites (N-methyl/N-ethyl adjacent to an activating group) is 1. The van der Waals surface area contributed by atoms with Crippen LogP contribution in [0.1, 0.15) is 35.7 Å². The number of carbonyl (C=O) groups excluding carboxylic acids is 1. The van der Waals surface area contributed by atoms with Gasteiger partial charge in [0.2, 0.25) is 10.0 Å². The zero-order valence-corrected chi connectivity index (χ0v) is 14.4. The summed E-state index contributed by atoms with van der Waals surface area (Å²) in [7, 11) is -1.97. The van der Waals surface area contributed by atoms with Gasteiger partial charge in [0.15, 0.2) is 0 Å². The lowest BCUT2D eigenvalue weighted by molar-refractivity contribution is 0.0601. The molecule has 1 fully saturated rings. The maximum absolute atomic E-state index is 12.5. The van der Waals surface area contributed by atoms with Gasteiger partial charge in [0.05, 0.1) is 24.1 Å². The van der Waals surface area contributed by atoms with Crippen molar-refractivity contribution in [1.82, 2.24) is 0 Å². The highest BCUT2D eigenvalue weighted by Crippen LogP contribution is 2.39. The Bertz CT molecular complexity index is 730. The number of rotatable bonds is 3. The van der Waals surface area contributed by atoms with Crippen molar-refractivity contribution >= 4 is 27.4 Å². The van der Waals surface area contributed by atoms with Gasteiger partial charge in [-0.2, -0.15) is 0 Å². The summed E-state index contributed by atoms with van der Waals surface area (Å²) in [5, 5.41) is 0. The van der Waals surface area contributed by atoms with Crippen LogP contribution in [0, 0.1) is 0 Å². The number of benzene rings is 1. The first-order chi connectivity index (χ1) is 11.0. The molecule has 0 unspecified atom stereocenters. The highest BCUT2D eigenvalue weighted by atomic mass is 32.2. The molecule has 0 saturated carbocycles. The van der Waals surface area contributed by atoms with Gasteiger partial charge in [0, 0.05) is 30.9 Å². The molecule has 0 amide bonds. The molecule has 2 heterocycles. The number of nitrogens with zero attached hydrogens (tertiary/aromatic N) is 2. The zero-order chi connectivity index (χ0) is 16.6. The molecule has 0 aromatic heterocycles. The van der Waals surface area contributed by atoms with Gasteiger partial charge >= 0.3 is 5.97 Å². The minimum atomic E-state index is -3.31. The van der Waals surface area contributed by atoms with Crippen molar-refractivity contribution in [3.05, 3.63) is 23.3 Å². The molecule has 23 heavy (non-hydrogen) atoms. The number of anilines is 2. The summed E-state index contributed by atoms with van der Waals surface area (Å²) in [6, 6.07) is 3.49. The Kier molecular flexibility index (Phi) is 4.23. The second-order valence-electron chi connectivity index (χ2n) is 5.91. The molecule has 1 aromatic rings. The van der Waals surface area contributed by atoms with Gasteiger partial charge in [-0.15, -0.1) is 0 Å². The second kappa shape index (κ2) is 6.03. The summed E-state index contributed by atoms with van der Waals surface area (Å²) in [4.78, 5) is 14.2. The number of methoxy groups -OCH3 is 1. The van der Waals surface area contributed by atoms with Crippen LogP contribution in [0.25, 0.3) is 0 Å². The van der Waals surface area contributed by atoms with Crippen LogP contribution in [0.5, 0.6) is 0 Å². The van der Waals surface area contributed by atoms with Gasteiger partial charge < -0.3 is 9.64 Å². The molecule has 0 radical (unpaired) electrons. The molecule has 126 valence electrons. The fourth-order valence-electron chi connectivity index (χ4n) is 3.39. The molecule has 7 heteroatoms. The van der Waals surface area contributed by atoms with Gasteiger partial charge in [-0.1, -0.05) is 0 Å².